The molecule has 0 bridgehead atoms. The number of nitrogens with zero attached hydrogens (tertiary/aromatic N) is 3. The number of carbonyl (C=O) groups is 2. The summed E-state index contributed by atoms with van der Waals surface area (Å²) in [6.45, 7) is 7.53. The maximum Gasteiger partial charge on any atom is 0.321 e. The highest BCUT2D eigenvalue weighted by Crippen LogP contribution is 2.43. The Morgan fingerprint density at radius 3 is 2.71 bits per heavy atom. The molecule has 1 atom stereocenters. The van der Waals surface area contributed by atoms with Crippen molar-refractivity contribution < 1.29 is 14.7 Å². The first-order valence-electron chi connectivity index (χ1n) is 8.65. The SMILES string of the molecule is CC(C)Cn1ncc(NC(=O)N2CCC(C)(C(=O)O)C2)c1C1CC1. The minimum absolute atomic E-state index is 0.231. The molecule has 1 aromatic rings. The number of hydrogen-bond donors (Lipinski definition) is 2. The molecule has 0 spiro atoms. The lowest BCUT2D eigenvalue weighted by atomic mass is 9.90. The number of aliphatic carboxylic acids is 1. The predicted octanol–water partition coefficient (Wildman–Crippen LogP) is 2.75. The summed E-state index contributed by atoms with van der Waals surface area (Å²) in [5, 5.41) is 16.7. The average molecular weight is 334 g/mol. The van der Waals surface area contributed by atoms with Crippen molar-refractivity contribution in [1.29, 1.82) is 0 Å². The number of rotatable bonds is 5. The number of carbonyl (C=O) groups excluding carboxylic acids is 1. The number of urea groups is 1. The lowest BCUT2D eigenvalue weighted by molar-refractivity contribution is -0.146. The van der Waals surface area contributed by atoms with Crippen LogP contribution >= 0.6 is 0 Å². The maximum atomic E-state index is 12.5. The summed E-state index contributed by atoms with van der Waals surface area (Å²) in [6.07, 6.45) is 4.47. The molecule has 24 heavy (non-hydrogen) atoms. The van der Waals surface area contributed by atoms with Gasteiger partial charge in [0.25, 0.3) is 0 Å². The molecule has 3 rings (SSSR count). The van der Waals surface area contributed by atoms with Gasteiger partial charge in [0.15, 0.2) is 0 Å². The van der Waals surface area contributed by atoms with Crippen molar-refractivity contribution in [3.63, 3.8) is 0 Å². The van der Waals surface area contributed by atoms with Crippen molar-refractivity contribution in [1.82, 2.24) is 14.7 Å². The normalized spacial score (nSPS) is 23.8. The van der Waals surface area contributed by atoms with Crippen LogP contribution in [0.5, 0.6) is 0 Å². The van der Waals surface area contributed by atoms with Gasteiger partial charge in [-0.2, -0.15) is 5.10 Å². The van der Waals surface area contributed by atoms with Crippen LogP contribution in [0.4, 0.5) is 10.5 Å². The summed E-state index contributed by atoms with van der Waals surface area (Å²) >= 11 is 0. The van der Waals surface area contributed by atoms with E-state index in [1.807, 2.05) is 4.68 Å². The molecule has 1 aromatic heterocycles. The highest BCUT2D eigenvalue weighted by Gasteiger charge is 2.42. The van der Waals surface area contributed by atoms with E-state index < -0.39 is 11.4 Å². The Balaban J connectivity index is 1.71. The van der Waals surface area contributed by atoms with E-state index in [9.17, 15) is 14.7 Å². The van der Waals surface area contributed by atoms with E-state index in [-0.39, 0.29) is 12.6 Å². The molecule has 1 saturated carbocycles. The lowest BCUT2D eigenvalue weighted by Crippen LogP contribution is -2.37. The molecule has 2 aliphatic rings. The first-order chi connectivity index (χ1) is 11.3. The molecule has 0 aromatic carbocycles. The Kier molecular flexibility index (Phi) is 4.27. The van der Waals surface area contributed by atoms with Gasteiger partial charge in [-0.05, 0) is 32.1 Å². The molecule has 7 nitrogen and oxygen atoms in total. The van der Waals surface area contributed by atoms with E-state index in [4.69, 9.17) is 0 Å². The monoisotopic (exact) mass is 334 g/mol. The van der Waals surface area contributed by atoms with Crippen LogP contribution in [0.25, 0.3) is 0 Å². The summed E-state index contributed by atoms with van der Waals surface area (Å²) in [5.74, 6) is 0.117. The molecule has 0 radical (unpaired) electrons. The van der Waals surface area contributed by atoms with E-state index in [2.05, 4.69) is 24.3 Å². The Hall–Kier alpha value is -2.05. The molecule has 2 N–H and O–H groups in total. The minimum Gasteiger partial charge on any atom is -0.481 e. The zero-order valence-corrected chi connectivity index (χ0v) is 14.6. The lowest BCUT2D eigenvalue weighted by Gasteiger charge is -2.20. The zero-order valence-electron chi connectivity index (χ0n) is 14.6. The number of carboxylic acids is 1. The second-order valence-electron chi connectivity index (χ2n) is 7.76. The van der Waals surface area contributed by atoms with Crippen molar-refractivity contribution in [3.05, 3.63) is 11.9 Å². The molecule has 1 aliphatic carbocycles. The third-order valence-electron chi connectivity index (χ3n) is 4.90. The third kappa shape index (κ3) is 3.25. The molecular weight excluding hydrogens is 308 g/mol. The first kappa shape index (κ1) is 16.8. The van der Waals surface area contributed by atoms with Gasteiger partial charge in [0, 0.05) is 25.6 Å². The van der Waals surface area contributed by atoms with Gasteiger partial charge in [-0.1, -0.05) is 13.8 Å². The molecule has 2 amide bonds. The first-order valence-corrected chi connectivity index (χ1v) is 8.65. The summed E-state index contributed by atoms with van der Waals surface area (Å²) in [6, 6.07) is -0.231. The van der Waals surface area contributed by atoms with Crippen LogP contribution in [-0.2, 0) is 11.3 Å². The summed E-state index contributed by atoms with van der Waals surface area (Å²) < 4.78 is 2.00. The fraction of sp³-hybridized carbons (Fsp3) is 0.706. The van der Waals surface area contributed by atoms with E-state index >= 15 is 0 Å². The van der Waals surface area contributed by atoms with Gasteiger partial charge in [-0.15, -0.1) is 0 Å². The minimum atomic E-state index is -0.849. The topological polar surface area (TPSA) is 87.5 Å². The van der Waals surface area contributed by atoms with Crippen molar-refractivity contribution in [2.24, 2.45) is 11.3 Å². The number of likely N-dealkylation sites (tertiary alicyclic amines) is 1. The van der Waals surface area contributed by atoms with Crippen LogP contribution in [0.3, 0.4) is 0 Å². The van der Waals surface area contributed by atoms with Gasteiger partial charge in [0.2, 0.25) is 0 Å². The fourth-order valence-electron chi connectivity index (χ4n) is 3.27. The number of aromatic nitrogens is 2. The summed E-state index contributed by atoms with van der Waals surface area (Å²) in [4.78, 5) is 25.5. The van der Waals surface area contributed by atoms with E-state index in [0.29, 0.717) is 24.8 Å². The standard InChI is InChI=1S/C17H26N4O3/c1-11(2)9-21-14(12-4-5-12)13(8-18-21)19-16(24)20-7-6-17(3,10-20)15(22)23/h8,11-12H,4-7,9-10H2,1-3H3,(H,19,24)(H,22,23). The highest BCUT2D eigenvalue weighted by atomic mass is 16.4. The van der Waals surface area contributed by atoms with Crippen LogP contribution in [0, 0.1) is 11.3 Å². The summed E-state index contributed by atoms with van der Waals surface area (Å²) in [5.41, 5.74) is 1.03. The quantitative estimate of drug-likeness (QED) is 0.867. The molecule has 1 saturated heterocycles. The van der Waals surface area contributed by atoms with E-state index in [0.717, 1.165) is 30.8 Å². The van der Waals surface area contributed by atoms with E-state index in [1.54, 1.807) is 18.0 Å². The molecule has 132 valence electrons. The van der Waals surface area contributed by atoms with Crippen LogP contribution in [0.1, 0.15) is 51.6 Å². The summed E-state index contributed by atoms with van der Waals surface area (Å²) in [7, 11) is 0. The van der Waals surface area contributed by atoms with Gasteiger partial charge in [-0.3, -0.25) is 9.48 Å². The number of amides is 2. The molecular formula is C17H26N4O3. The molecule has 7 heteroatoms. The highest BCUT2D eigenvalue weighted by molar-refractivity contribution is 5.91. The largest absolute Gasteiger partial charge is 0.481 e. The predicted molar refractivity (Wildman–Crippen MR) is 90.0 cm³/mol. The number of nitrogens with one attached hydrogen (secondary N) is 1. The smallest absolute Gasteiger partial charge is 0.321 e. The molecule has 2 heterocycles. The molecule has 1 unspecified atom stereocenters. The Bertz CT molecular complexity index is 650. The van der Waals surface area contributed by atoms with E-state index in [1.165, 1.54) is 0 Å². The maximum absolute atomic E-state index is 12.5. The van der Waals surface area contributed by atoms with Crippen molar-refractivity contribution in [3.8, 4) is 0 Å². The van der Waals surface area contributed by atoms with Crippen LogP contribution < -0.4 is 5.32 Å². The average Bonchev–Trinajstić information content (AvgIpc) is 3.13. The number of anilines is 1. The molecule has 1 aliphatic heterocycles. The van der Waals surface area contributed by atoms with Crippen molar-refractivity contribution in [2.75, 3.05) is 18.4 Å². The van der Waals surface area contributed by atoms with Gasteiger partial charge < -0.3 is 15.3 Å². The Morgan fingerprint density at radius 1 is 1.46 bits per heavy atom. The molecule has 2 fully saturated rings. The second-order valence-corrected chi connectivity index (χ2v) is 7.76. The third-order valence-corrected chi connectivity index (χ3v) is 4.90. The second kappa shape index (κ2) is 6.11. The van der Waals surface area contributed by atoms with Crippen molar-refractivity contribution in [2.45, 2.75) is 52.5 Å². The Morgan fingerprint density at radius 2 is 2.17 bits per heavy atom. The van der Waals surface area contributed by atoms with Gasteiger partial charge in [0.05, 0.1) is 23.0 Å². The van der Waals surface area contributed by atoms with Crippen LogP contribution in [0.2, 0.25) is 0 Å². The Labute approximate surface area is 142 Å². The van der Waals surface area contributed by atoms with Crippen LogP contribution in [-0.4, -0.2) is 44.9 Å². The van der Waals surface area contributed by atoms with Gasteiger partial charge >= 0.3 is 12.0 Å². The van der Waals surface area contributed by atoms with Crippen molar-refractivity contribution >= 4 is 17.7 Å². The number of carboxylic acid groups (broad SMARTS) is 1. The van der Waals surface area contributed by atoms with Gasteiger partial charge in [0.1, 0.15) is 0 Å². The fourth-order valence-corrected chi connectivity index (χ4v) is 3.27. The number of hydrogen-bond acceptors (Lipinski definition) is 3. The van der Waals surface area contributed by atoms with Gasteiger partial charge in [-0.25, -0.2) is 4.79 Å². The van der Waals surface area contributed by atoms with Crippen LogP contribution in [0.15, 0.2) is 6.20 Å². The zero-order chi connectivity index (χ0) is 17.5.